The van der Waals surface area contributed by atoms with E-state index in [0.29, 0.717) is 9.50 Å². The van der Waals surface area contributed by atoms with Crippen LogP contribution in [-0.4, -0.2) is 8.42 Å². The molecule has 2 aromatic rings. The molecule has 0 spiro atoms. The third-order valence-electron chi connectivity index (χ3n) is 2.70. The lowest BCUT2D eigenvalue weighted by Gasteiger charge is -2.12. The van der Waals surface area contributed by atoms with Crippen LogP contribution in [0.2, 0.25) is 5.02 Å². The molecule has 21 heavy (non-hydrogen) atoms. The number of anilines is 2. The predicted molar refractivity (Wildman–Crippen MR) is 85.5 cm³/mol. The molecular weight excluding hydrogens is 383 g/mol. The maximum atomic E-state index is 13.3. The van der Waals surface area contributed by atoms with Crippen molar-refractivity contribution in [3.05, 3.63) is 51.2 Å². The van der Waals surface area contributed by atoms with E-state index in [1.165, 1.54) is 12.1 Å². The summed E-state index contributed by atoms with van der Waals surface area (Å²) in [6.07, 6.45) is 0. The summed E-state index contributed by atoms with van der Waals surface area (Å²) in [4.78, 5) is -0.261. The van der Waals surface area contributed by atoms with Crippen LogP contribution < -0.4 is 10.5 Å². The number of aryl methyl sites for hydroxylation is 1. The lowest BCUT2D eigenvalue weighted by Crippen LogP contribution is -2.14. The van der Waals surface area contributed by atoms with E-state index in [2.05, 4.69) is 20.7 Å². The molecule has 0 amide bonds. The average Bonchev–Trinajstić information content (AvgIpc) is 2.34. The van der Waals surface area contributed by atoms with Gasteiger partial charge < -0.3 is 5.73 Å². The highest BCUT2D eigenvalue weighted by atomic mass is 79.9. The Hall–Kier alpha value is -1.31. The van der Waals surface area contributed by atoms with Crippen molar-refractivity contribution in [3.8, 4) is 0 Å². The predicted octanol–water partition coefficient (Wildman–Crippen LogP) is 3.93. The molecule has 0 atom stereocenters. The van der Waals surface area contributed by atoms with Crippen LogP contribution in [0.4, 0.5) is 15.8 Å². The van der Waals surface area contributed by atoms with Crippen LogP contribution in [0.3, 0.4) is 0 Å². The molecule has 0 aliphatic rings. The van der Waals surface area contributed by atoms with Gasteiger partial charge in [-0.25, -0.2) is 12.8 Å². The Labute approximate surface area is 135 Å². The summed E-state index contributed by atoms with van der Waals surface area (Å²) in [5.41, 5.74) is 6.54. The smallest absolute Gasteiger partial charge is 0.262 e. The largest absolute Gasteiger partial charge is 0.399 e. The summed E-state index contributed by atoms with van der Waals surface area (Å²) in [5, 5.41) is 0.412. The number of hydrogen-bond donors (Lipinski definition) is 2. The number of nitrogens with one attached hydrogen (secondary N) is 1. The Balaban J connectivity index is 2.44. The average molecular weight is 394 g/mol. The minimum absolute atomic E-state index is 0.0244. The van der Waals surface area contributed by atoms with Crippen LogP contribution in [0, 0.1) is 12.7 Å². The van der Waals surface area contributed by atoms with Gasteiger partial charge in [-0.3, -0.25) is 4.72 Å². The molecule has 0 radical (unpaired) electrons. The lowest BCUT2D eigenvalue weighted by molar-refractivity contribution is 0.595. The van der Waals surface area contributed by atoms with Crippen molar-refractivity contribution in [3.63, 3.8) is 0 Å². The minimum atomic E-state index is -3.97. The first-order valence-corrected chi connectivity index (χ1v) is 8.39. The molecule has 3 N–H and O–H groups in total. The van der Waals surface area contributed by atoms with E-state index >= 15 is 0 Å². The monoisotopic (exact) mass is 392 g/mol. The highest BCUT2D eigenvalue weighted by Crippen LogP contribution is 2.31. The Bertz CT molecular complexity index is 792. The Kier molecular flexibility index (Phi) is 4.46. The molecule has 0 fully saturated rings. The summed E-state index contributed by atoms with van der Waals surface area (Å²) < 4.78 is 40.7. The normalized spacial score (nSPS) is 11.4. The van der Waals surface area contributed by atoms with Gasteiger partial charge in [-0.05, 0) is 58.7 Å². The standard InChI is InChI=1S/C13H11BrClFN2O2S/c1-7-2-11(14)13(6-12(7)15)18-21(19,20)10-4-8(16)3-9(17)5-10/h2-6,18H,17H2,1H3. The summed E-state index contributed by atoms with van der Waals surface area (Å²) in [7, 11) is -3.97. The molecular formula is C13H11BrClFN2O2S. The van der Waals surface area contributed by atoms with Crippen LogP contribution in [0.25, 0.3) is 0 Å². The molecule has 2 rings (SSSR count). The van der Waals surface area contributed by atoms with E-state index in [1.54, 1.807) is 13.0 Å². The minimum Gasteiger partial charge on any atom is -0.399 e. The van der Waals surface area contributed by atoms with Gasteiger partial charge in [-0.2, -0.15) is 0 Å². The van der Waals surface area contributed by atoms with Gasteiger partial charge in [-0.1, -0.05) is 11.6 Å². The third kappa shape index (κ3) is 3.66. The van der Waals surface area contributed by atoms with Crippen LogP contribution in [0.5, 0.6) is 0 Å². The molecule has 4 nitrogen and oxygen atoms in total. The van der Waals surface area contributed by atoms with Crippen molar-refractivity contribution in [1.82, 2.24) is 0 Å². The Morgan fingerprint density at radius 2 is 1.90 bits per heavy atom. The summed E-state index contributed by atoms with van der Waals surface area (Å²) in [6, 6.07) is 6.26. The van der Waals surface area contributed by atoms with E-state index in [-0.39, 0.29) is 16.3 Å². The van der Waals surface area contributed by atoms with E-state index in [1.807, 2.05) is 0 Å². The quantitative estimate of drug-likeness (QED) is 0.776. The first-order valence-electron chi connectivity index (χ1n) is 5.73. The third-order valence-corrected chi connectivity index (χ3v) is 5.10. The first kappa shape index (κ1) is 16.1. The van der Waals surface area contributed by atoms with Gasteiger partial charge in [0, 0.05) is 15.2 Å². The SMILES string of the molecule is Cc1cc(Br)c(NS(=O)(=O)c2cc(N)cc(F)c2)cc1Cl. The first-order chi connectivity index (χ1) is 9.69. The maximum absolute atomic E-state index is 13.3. The van der Waals surface area contributed by atoms with E-state index in [0.717, 1.165) is 17.7 Å². The number of sulfonamides is 1. The van der Waals surface area contributed by atoms with Crippen LogP contribution in [-0.2, 0) is 10.0 Å². The van der Waals surface area contributed by atoms with Crippen molar-refractivity contribution in [2.45, 2.75) is 11.8 Å². The number of halogens is 3. The molecule has 0 aromatic heterocycles. The van der Waals surface area contributed by atoms with Crippen molar-refractivity contribution in [2.24, 2.45) is 0 Å². The molecule has 2 aromatic carbocycles. The molecule has 0 heterocycles. The second-order valence-electron chi connectivity index (χ2n) is 4.41. The van der Waals surface area contributed by atoms with E-state index in [4.69, 9.17) is 17.3 Å². The molecule has 0 saturated heterocycles. The van der Waals surface area contributed by atoms with Gasteiger partial charge in [0.15, 0.2) is 0 Å². The second-order valence-corrected chi connectivity index (χ2v) is 7.35. The summed E-state index contributed by atoms with van der Waals surface area (Å²) >= 11 is 9.23. The fraction of sp³-hybridized carbons (Fsp3) is 0.0769. The van der Waals surface area contributed by atoms with Gasteiger partial charge in [-0.15, -0.1) is 0 Å². The van der Waals surface area contributed by atoms with Gasteiger partial charge in [0.2, 0.25) is 0 Å². The van der Waals surface area contributed by atoms with Crippen LogP contribution in [0.15, 0.2) is 39.7 Å². The zero-order valence-corrected chi connectivity index (χ0v) is 14.0. The Morgan fingerprint density at radius 3 is 2.52 bits per heavy atom. The van der Waals surface area contributed by atoms with Gasteiger partial charge in [0.1, 0.15) is 5.82 Å². The topological polar surface area (TPSA) is 72.2 Å². The number of rotatable bonds is 3. The molecule has 0 bridgehead atoms. The van der Waals surface area contributed by atoms with Crippen molar-refractivity contribution in [2.75, 3.05) is 10.5 Å². The van der Waals surface area contributed by atoms with Crippen LogP contribution >= 0.6 is 27.5 Å². The fourth-order valence-electron chi connectivity index (χ4n) is 1.67. The lowest BCUT2D eigenvalue weighted by atomic mass is 10.2. The van der Waals surface area contributed by atoms with Gasteiger partial charge in [0.25, 0.3) is 10.0 Å². The molecule has 112 valence electrons. The van der Waals surface area contributed by atoms with Crippen molar-refractivity contribution < 1.29 is 12.8 Å². The van der Waals surface area contributed by atoms with E-state index in [9.17, 15) is 12.8 Å². The fourth-order valence-corrected chi connectivity index (χ4v) is 3.65. The van der Waals surface area contributed by atoms with Crippen molar-refractivity contribution >= 4 is 48.9 Å². The van der Waals surface area contributed by atoms with Gasteiger partial charge in [0.05, 0.1) is 10.6 Å². The molecule has 8 heteroatoms. The number of nitrogen functional groups attached to an aromatic ring is 1. The summed E-state index contributed by atoms with van der Waals surface area (Å²) in [6.45, 7) is 1.79. The van der Waals surface area contributed by atoms with Crippen LogP contribution in [0.1, 0.15) is 5.56 Å². The van der Waals surface area contributed by atoms with E-state index < -0.39 is 15.8 Å². The molecule has 0 saturated carbocycles. The number of benzene rings is 2. The maximum Gasteiger partial charge on any atom is 0.262 e. The number of nitrogens with two attached hydrogens (primary N) is 1. The molecule has 0 aliphatic carbocycles. The molecule has 0 aliphatic heterocycles. The van der Waals surface area contributed by atoms with Gasteiger partial charge >= 0.3 is 0 Å². The van der Waals surface area contributed by atoms with Crippen molar-refractivity contribution in [1.29, 1.82) is 0 Å². The highest BCUT2D eigenvalue weighted by molar-refractivity contribution is 9.10. The molecule has 0 unspecified atom stereocenters. The Morgan fingerprint density at radius 1 is 1.24 bits per heavy atom. The number of hydrogen-bond acceptors (Lipinski definition) is 3. The zero-order chi connectivity index (χ0) is 15.8. The highest BCUT2D eigenvalue weighted by Gasteiger charge is 2.18. The zero-order valence-electron chi connectivity index (χ0n) is 10.8. The second kappa shape index (κ2) is 5.82. The summed E-state index contributed by atoms with van der Waals surface area (Å²) in [5.74, 6) is -0.726.